The Hall–Kier alpha value is -3.41. The Labute approximate surface area is 220 Å². The van der Waals surface area contributed by atoms with Crippen LogP contribution < -0.4 is 10.6 Å². The summed E-state index contributed by atoms with van der Waals surface area (Å²) in [7, 11) is 0. The van der Waals surface area contributed by atoms with Gasteiger partial charge in [0.05, 0.1) is 18.2 Å². The van der Waals surface area contributed by atoms with E-state index in [1.54, 1.807) is 0 Å². The summed E-state index contributed by atoms with van der Waals surface area (Å²) in [4.78, 5) is 25.0. The molecule has 11 heteroatoms. The van der Waals surface area contributed by atoms with Gasteiger partial charge in [-0.1, -0.05) is 0 Å². The smallest absolute Gasteiger partial charge is 0.238 e. The molecule has 194 valence electrons. The Morgan fingerprint density at radius 2 is 2.03 bits per heavy atom. The van der Waals surface area contributed by atoms with E-state index in [1.807, 2.05) is 60.0 Å². The fourth-order valence-electron chi connectivity index (χ4n) is 4.29. The van der Waals surface area contributed by atoms with Gasteiger partial charge in [-0.25, -0.2) is 4.98 Å². The number of anilines is 3. The third-order valence-electron chi connectivity index (χ3n) is 5.78. The molecule has 4 heterocycles. The van der Waals surface area contributed by atoms with Gasteiger partial charge >= 0.3 is 0 Å². The molecule has 1 amide bonds. The topological polar surface area (TPSA) is 112 Å². The minimum absolute atomic E-state index is 0.0249. The lowest BCUT2D eigenvalue weighted by molar-refractivity contribution is -0.117. The van der Waals surface area contributed by atoms with Crippen LogP contribution in [-0.4, -0.2) is 66.7 Å². The van der Waals surface area contributed by atoms with Crippen LogP contribution >= 0.6 is 11.8 Å². The second kappa shape index (κ2) is 10.5. The number of hydrogen-bond donors (Lipinski definition) is 3. The van der Waals surface area contributed by atoms with Gasteiger partial charge in [-0.3, -0.25) is 19.2 Å². The summed E-state index contributed by atoms with van der Waals surface area (Å²) >= 11 is 1.46. The zero-order valence-corrected chi connectivity index (χ0v) is 22.3. The Morgan fingerprint density at radius 1 is 1.22 bits per heavy atom. The van der Waals surface area contributed by atoms with Crippen LogP contribution in [0.25, 0.3) is 5.65 Å². The van der Waals surface area contributed by atoms with E-state index >= 15 is 0 Å². The molecule has 1 atom stereocenters. The molecule has 10 nitrogen and oxygen atoms in total. The summed E-state index contributed by atoms with van der Waals surface area (Å²) in [6.45, 7) is 10.1. The molecule has 3 N–H and O–H groups in total. The normalized spacial score (nSPS) is 16.4. The third-order valence-corrected chi connectivity index (χ3v) is 6.65. The van der Waals surface area contributed by atoms with Crippen molar-refractivity contribution in [2.24, 2.45) is 0 Å². The van der Waals surface area contributed by atoms with Crippen LogP contribution in [-0.2, 0) is 9.53 Å². The molecule has 1 unspecified atom stereocenters. The number of H-pyrrole nitrogens is 1. The predicted octanol–water partition coefficient (Wildman–Crippen LogP) is 4.48. The van der Waals surface area contributed by atoms with Crippen LogP contribution in [0.15, 0.2) is 58.7 Å². The predicted molar refractivity (Wildman–Crippen MR) is 144 cm³/mol. The second-order valence-electron chi connectivity index (χ2n) is 10.2. The number of rotatable bonds is 8. The third kappa shape index (κ3) is 6.68. The molecular weight excluding hydrogens is 488 g/mol. The van der Waals surface area contributed by atoms with Crippen LogP contribution in [0, 0.1) is 6.92 Å². The first-order valence-electron chi connectivity index (χ1n) is 12.3. The van der Waals surface area contributed by atoms with E-state index in [-0.39, 0.29) is 17.6 Å². The summed E-state index contributed by atoms with van der Waals surface area (Å²) in [6, 6.07) is 13.5. The number of likely N-dealkylation sites (tertiary alicyclic amines) is 1. The first-order valence-corrected chi connectivity index (χ1v) is 13.1. The van der Waals surface area contributed by atoms with E-state index in [2.05, 4.69) is 51.5 Å². The van der Waals surface area contributed by atoms with E-state index < -0.39 is 0 Å². The Morgan fingerprint density at radius 3 is 2.76 bits per heavy atom. The average Bonchev–Trinajstić information content (AvgIpc) is 3.56. The maximum atomic E-state index is 12.6. The van der Waals surface area contributed by atoms with Crippen molar-refractivity contribution < 1.29 is 9.53 Å². The SMILES string of the molecule is Cc1cc(Nc2nc(Sc3ccc(NC(=O)CN4CCC(OC(C)(C)C)C4)cc3)nc3cccn23)n[nH]1. The lowest BCUT2D eigenvalue weighted by Crippen LogP contribution is -2.34. The van der Waals surface area contributed by atoms with Gasteiger partial charge in [0.1, 0.15) is 5.65 Å². The number of aromatic nitrogens is 5. The first-order chi connectivity index (χ1) is 17.7. The van der Waals surface area contributed by atoms with Crippen molar-refractivity contribution in [3.8, 4) is 0 Å². The zero-order valence-electron chi connectivity index (χ0n) is 21.5. The van der Waals surface area contributed by atoms with Crippen molar-refractivity contribution >= 4 is 40.8 Å². The van der Waals surface area contributed by atoms with Crippen molar-refractivity contribution in [1.29, 1.82) is 0 Å². The van der Waals surface area contributed by atoms with Crippen molar-refractivity contribution in [2.75, 3.05) is 30.3 Å². The van der Waals surface area contributed by atoms with Crippen LogP contribution in [0.5, 0.6) is 0 Å². The number of nitrogens with zero attached hydrogens (tertiary/aromatic N) is 5. The van der Waals surface area contributed by atoms with Crippen LogP contribution in [0.1, 0.15) is 32.9 Å². The van der Waals surface area contributed by atoms with E-state index in [1.165, 1.54) is 11.8 Å². The highest BCUT2D eigenvalue weighted by Gasteiger charge is 2.28. The zero-order chi connectivity index (χ0) is 26.0. The number of carbonyl (C=O) groups is 1. The van der Waals surface area contributed by atoms with Crippen molar-refractivity contribution in [1.82, 2.24) is 29.5 Å². The Kier molecular flexibility index (Phi) is 7.18. The van der Waals surface area contributed by atoms with Gasteiger partial charge in [0.15, 0.2) is 11.0 Å². The van der Waals surface area contributed by atoms with Crippen molar-refractivity contribution in [2.45, 2.75) is 55.9 Å². The lowest BCUT2D eigenvalue weighted by atomic mass is 10.2. The van der Waals surface area contributed by atoms with Crippen LogP contribution in [0.2, 0.25) is 0 Å². The summed E-state index contributed by atoms with van der Waals surface area (Å²) in [5.41, 5.74) is 2.34. The maximum Gasteiger partial charge on any atom is 0.238 e. The monoisotopic (exact) mass is 520 g/mol. The van der Waals surface area contributed by atoms with Crippen molar-refractivity contribution in [3.63, 3.8) is 0 Å². The molecular formula is C26H32N8O2S. The Balaban J connectivity index is 1.19. The molecule has 1 aromatic carbocycles. The fraction of sp³-hybridized carbons (Fsp3) is 0.385. The molecule has 0 bridgehead atoms. The largest absolute Gasteiger partial charge is 0.371 e. The molecule has 0 aliphatic carbocycles. The summed E-state index contributed by atoms with van der Waals surface area (Å²) in [5.74, 6) is 1.29. The molecule has 37 heavy (non-hydrogen) atoms. The molecule has 0 saturated carbocycles. The lowest BCUT2D eigenvalue weighted by Gasteiger charge is -2.25. The summed E-state index contributed by atoms with van der Waals surface area (Å²) in [5, 5.41) is 14.0. The molecule has 1 aliphatic heterocycles. The highest BCUT2D eigenvalue weighted by Crippen LogP contribution is 2.28. The van der Waals surface area contributed by atoms with E-state index in [0.717, 1.165) is 41.4 Å². The van der Waals surface area contributed by atoms with E-state index in [0.29, 0.717) is 23.5 Å². The number of amides is 1. The number of aromatic amines is 1. The van der Waals surface area contributed by atoms with E-state index in [4.69, 9.17) is 9.72 Å². The van der Waals surface area contributed by atoms with Gasteiger partial charge in [0, 0.05) is 41.6 Å². The standard InChI is InChI=1S/C26H32N8O2S/c1-17-14-21(32-31-17)28-24-30-25(29-22-6-5-12-34(22)24)37-20-9-7-18(8-10-20)27-23(35)16-33-13-11-19(15-33)36-26(2,3)4/h5-10,12,14,19H,11,13,15-16H2,1-4H3,(H,27,35)(H2,28,29,30,31,32). The number of aryl methyl sites for hydroxylation is 1. The molecule has 4 aromatic rings. The molecule has 0 spiro atoms. The average molecular weight is 521 g/mol. The second-order valence-corrected chi connectivity index (χ2v) is 11.2. The quantitative estimate of drug-likeness (QED) is 0.312. The molecule has 1 fully saturated rings. The fourth-order valence-corrected chi connectivity index (χ4v) is 5.05. The van der Waals surface area contributed by atoms with Gasteiger partial charge < -0.3 is 15.4 Å². The minimum Gasteiger partial charge on any atom is -0.371 e. The van der Waals surface area contributed by atoms with Gasteiger partial charge in [0.25, 0.3) is 0 Å². The highest BCUT2D eigenvalue weighted by molar-refractivity contribution is 7.99. The van der Waals surface area contributed by atoms with Gasteiger partial charge in [-0.15, -0.1) is 0 Å². The van der Waals surface area contributed by atoms with Crippen molar-refractivity contribution in [3.05, 3.63) is 54.4 Å². The van der Waals surface area contributed by atoms with Gasteiger partial charge in [-0.2, -0.15) is 10.1 Å². The molecule has 0 radical (unpaired) electrons. The minimum atomic E-state index is -0.168. The highest BCUT2D eigenvalue weighted by atomic mass is 32.2. The van der Waals surface area contributed by atoms with Crippen LogP contribution in [0.3, 0.4) is 0 Å². The number of hydrogen-bond acceptors (Lipinski definition) is 8. The van der Waals surface area contributed by atoms with Gasteiger partial charge in [-0.05, 0) is 82.3 Å². The number of benzene rings is 1. The number of fused-ring (bicyclic) bond motifs is 1. The summed E-state index contributed by atoms with van der Waals surface area (Å²) < 4.78 is 7.93. The number of ether oxygens (including phenoxy) is 1. The maximum absolute atomic E-state index is 12.6. The first kappa shape index (κ1) is 25.2. The van der Waals surface area contributed by atoms with E-state index in [9.17, 15) is 4.79 Å². The number of carbonyl (C=O) groups excluding carboxylic acids is 1. The number of nitrogens with one attached hydrogen (secondary N) is 3. The summed E-state index contributed by atoms with van der Waals surface area (Å²) in [6.07, 6.45) is 3.03. The molecule has 1 aliphatic rings. The van der Waals surface area contributed by atoms with Gasteiger partial charge in [0.2, 0.25) is 11.9 Å². The van der Waals surface area contributed by atoms with Crippen LogP contribution in [0.4, 0.5) is 17.5 Å². The Bertz CT molecular complexity index is 1380. The molecule has 5 rings (SSSR count). The molecule has 3 aromatic heterocycles. The molecule has 1 saturated heterocycles.